The zero-order valence-corrected chi connectivity index (χ0v) is 18.9. The van der Waals surface area contributed by atoms with Crippen LogP contribution in [0.1, 0.15) is 99.8 Å². The highest BCUT2D eigenvalue weighted by Gasteiger charge is 2.55. The zero-order chi connectivity index (χ0) is 19.3. The molecule has 8 unspecified atom stereocenters. The molecule has 3 aliphatic rings. The molecule has 0 amide bonds. The van der Waals surface area contributed by atoms with Crippen LogP contribution in [0.25, 0.3) is 0 Å². The van der Waals surface area contributed by atoms with Gasteiger partial charge in [-0.2, -0.15) is 0 Å². The van der Waals surface area contributed by atoms with Gasteiger partial charge in [0.1, 0.15) is 0 Å². The molecule has 0 heterocycles. The normalized spacial score (nSPS) is 43.6. The molecule has 0 aromatic heterocycles. The van der Waals surface area contributed by atoms with E-state index in [0.717, 1.165) is 41.4 Å². The fourth-order valence-electron chi connectivity index (χ4n) is 7.02. The Kier molecular flexibility index (Phi) is 5.74. The zero-order valence-electron chi connectivity index (χ0n) is 18.9. The van der Waals surface area contributed by atoms with Crippen molar-refractivity contribution in [2.45, 2.75) is 99.8 Å². The van der Waals surface area contributed by atoms with E-state index in [1.54, 1.807) is 5.57 Å². The highest BCUT2D eigenvalue weighted by molar-refractivity contribution is 5.23. The second-order valence-corrected chi connectivity index (χ2v) is 11.6. The van der Waals surface area contributed by atoms with Crippen molar-refractivity contribution in [1.29, 1.82) is 0 Å². The molecule has 0 nitrogen and oxygen atoms in total. The maximum absolute atomic E-state index is 4.44. The van der Waals surface area contributed by atoms with Crippen molar-refractivity contribution in [2.24, 2.45) is 52.3 Å². The number of allylic oxidation sites excluding steroid dienone is 1. The summed E-state index contributed by atoms with van der Waals surface area (Å²) in [4.78, 5) is 0. The van der Waals surface area contributed by atoms with Gasteiger partial charge in [-0.1, -0.05) is 73.5 Å². The van der Waals surface area contributed by atoms with E-state index in [1.165, 1.54) is 51.4 Å². The summed E-state index contributed by atoms with van der Waals surface area (Å²) in [6.45, 7) is 21.8. The van der Waals surface area contributed by atoms with Crippen LogP contribution in [0.15, 0.2) is 12.2 Å². The Hall–Kier alpha value is -0.260. The van der Waals surface area contributed by atoms with Gasteiger partial charge in [-0.15, -0.1) is 0 Å². The van der Waals surface area contributed by atoms with Crippen molar-refractivity contribution < 1.29 is 0 Å². The fourth-order valence-corrected chi connectivity index (χ4v) is 7.02. The summed E-state index contributed by atoms with van der Waals surface area (Å²) in [6.07, 6.45) is 11.3. The van der Waals surface area contributed by atoms with Gasteiger partial charge in [0.2, 0.25) is 0 Å². The molecule has 3 saturated carbocycles. The van der Waals surface area contributed by atoms with E-state index < -0.39 is 0 Å². The van der Waals surface area contributed by atoms with Gasteiger partial charge in [0.05, 0.1) is 0 Å². The Morgan fingerprint density at radius 1 is 1.19 bits per heavy atom. The molecule has 3 aliphatic carbocycles. The molecule has 0 aromatic rings. The Balaban J connectivity index is 1.70. The van der Waals surface area contributed by atoms with E-state index in [0.29, 0.717) is 10.8 Å². The van der Waals surface area contributed by atoms with Crippen molar-refractivity contribution in [3.8, 4) is 0 Å². The van der Waals surface area contributed by atoms with Gasteiger partial charge in [-0.25, -0.2) is 0 Å². The van der Waals surface area contributed by atoms with Crippen LogP contribution in [0.3, 0.4) is 0 Å². The monoisotopic (exact) mass is 358 g/mol. The Morgan fingerprint density at radius 2 is 1.88 bits per heavy atom. The standard InChI is InChI=1S/C26H46/c1-9-21-19(5)22(21)12-11-20(16-25(6,7)10-2)24-17(3)15-23(24)26(8)14-13-18(26)4/h17,19-24H,4,9-16H2,1-3,5-8H3. The van der Waals surface area contributed by atoms with Gasteiger partial charge >= 0.3 is 0 Å². The number of rotatable bonds is 9. The Bertz CT molecular complexity index is 514. The summed E-state index contributed by atoms with van der Waals surface area (Å²) >= 11 is 0. The molecule has 3 rings (SSSR count). The predicted octanol–water partition coefficient (Wildman–Crippen LogP) is 8.13. The topological polar surface area (TPSA) is 0 Å². The second-order valence-electron chi connectivity index (χ2n) is 11.6. The van der Waals surface area contributed by atoms with Crippen LogP contribution in [-0.2, 0) is 0 Å². The van der Waals surface area contributed by atoms with Gasteiger partial charge in [-0.3, -0.25) is 0 Å². The third kappa shape index (κ3) is 3.56. The highest BCUT2D eigenvalue weighted by Crippen LogP contribution is 2.64. The van der Waals surface area contributed by atoms with Gasteiger partial charge in [-0.05, 0) is 90.8 Å². The van der Waals surface area contributed by atoms with Crippen molar-refractivity contribution in [1.82, 2.24) is 0 Å². The lowest BCUT2D eigenvalue weighted by Crippen LogP contribution is -2.52. The largest absolute Gasteiger partial charge is 0.0993 e. The molecule has 0 bridgehead atoms. The molecule has 26 heavy (non-hydrogen) atoms. The smallest absolute Gasteiger partial charge is 0.00848 e. The maximum atomic E-state index is 4.44. The molecule has 150 valence electrons. The predicted molar refractivity (Wildman–Crippen MR) is 115 cm³/mol. The summed E-state index contributed by atoms with van der Waals surface area (Å²) in [5.41, 5.74) is 2.54. The van der Waals surface area contributed by atoms with Crippen molar-refractivity contribution in [3.63, 3.8) is 0 Å². The first-order chi connectivity index (χ1) is 12.1. The molecular weight excluding hydrogens is 312 g/mol. The molecule has 0 spiro atoms. The molecule has 8 atom stereocenters. The molecule has 0 radical (unpaired) electrons. The van der Waals surface area contributed by atoms with Crippen LogP contribution in [0.4, 0.5) is 0 Å². The molecule has 0 saturated heterocycles. The summed E-state index contributed by atoms with van der Waals surface area (Å²) in [7, 11) is 0. The van der Waals surface area contributed by atoms with Gasteiger partial charge in [0.25, 0.3) is 0 Å². The summed E-state index contributed by atoms with van der Waals surface area (Å²) in [6, 6.07) is 0. The Morgan fingerprint density at radius 3 is 2.31 bits per heavy atom. The minimum absolute atomic E-state index is 0.477. The van der Waals surface area contributed by atoms with Gasteiger partial charge in [0.15, 0.2) is 0 Å². The van der Waals surface area contributed by atoms with Crippen LogP contribution in [0.5, 0.6) is 0 Å². The molecule has 0 aliphatic heterocycles. The van der Waals surface area contributed by atoms with Crippen molar-refractivity contribution in [3.05, 3.63) is 12.2 Å². The van der Waals surface area contributed by atoms with Crippen molar-refractivity contribution in [2.75, 3.05) is 0 Å². The van der Waals surface area contributed by atoms with Crippen LogP contribution in [0.2, 0.25) is 0 Å². The lowest BCUT2D eigenvalue weighted by Gasteiger charge is -2.60. The quantitative estimate of drug-likeness (QED) is 0.365. The average Bonchev–Trinajstić information content (AvgIpc) is 3.23. The SMILES string of the molecule is C=C1CCC1(C)C1CC(C)C1C(CCC1C(C)C1CC)CC(C)(C)CC. The van der Waals surface area contributed by atoms with E-state index >= 15 is 0 Å². The van der Waals surface area contributed by atoms with Crippen molar-refractivity contribution >= 4 is 0 Å². The third-order valence-corrected chi connectivity index (χ3v) is 9.74. The van der Waals surface area contributed by atoms with Crippen LogP contribution < -0.4 is 0 Å². The summed E-state index contributed by atoms with van der Waals surface area (Å²) in [5, 5.41) is 0. The summed E-state index contributed by atoms with van der Waals surface area (Å²) in [5.74, 6) is 6.82. The minimum atomic E-state index is 0.477. The second kappa shape index (κ2) is 7.29. The van der Waals surface area contributed by atoms with E-state index in [9.17, 15) is 0 Å². The third-order valence-electron chi connectivity index (χ3n) is 9.74. The summed E-state index contributed by atoms with van der Waals surface area (Å²) < 4.78 is 0. The van der Waals surface area contributed by atoms with E-state index in [1.807, 2.05) is 0 Å². The van der Waals surface area contributed by atoms with Gasteiger partial charge in [0, 0.05) is 0 Å². The number of hydrogen-bond donors (Lipinski definition) is 0. The first-order valence-electron chi connectivity index (χ1n) is 11.8. The van der Waals surface area contributed by atoms with E-state index in [-0.39, 0.29) is 0 Å². The molecular formula is C26H46. The maximum Gasteiger partial charge on any atom is -0.00848 e. The van der Waals surface area contributed by atoms with E-state index in [4.69, 9.17) is 0 Å². The lowest BCUT2D eigenvalue weighted by molar-refractivity contribution is -0.0729. The minimum Gasteiger partial charge on any atom is -0.0993 e. The van der Waals surface area contributed by atoms with Crippen LogP contribution in [0, 0.1) is 52.3 Å². The first kappa shape index (κ1) is 20.5. The molecule has 0 heteroatoms. The van der Waals surface area contributed by atoms with E-state index in [2.05, 4.69) is 55.0 Å². The van der Waals surface area contributed by atoms with Crippen LogP contribution >= 0.6 is 0 Å². The first-order valence-corrected chi connectivity index (χ1v) is 11.8. The average molecular weight is 359 g/mol. The van der Waals surface area contributed by atoms with Gasteiger partial charge < -0.3 is 0 Å². The highest BCUT2D eigenvalue weighted by atomic mass is 14.6. The molecule has 0 aromatic carbocycles. The molecule has 0 N–H and O–H groups in total. The molecule has 3 fully saturated rings. The number of hydrogen-bond acceptors (Lipinski definition) is 0. The lowest BCUT2D eigenvalue weighted by atomic mass is 9.44. The fraction of sp³-hybridized carbons (Fsp3) is 0.923. The van der Waals surface area contributed by atoms with Crippen LogP contribution in [-0.4, -0.2) is 0 Å². The Labute approximate surface area is 164 Å².